The minimum atomic E-state index is -0.339. The lowest BCUT2D eigenvalue weighted by Crippen LogP contribution is -2.34. The maximum absolute atomic E-state index is 13.7. The molecule has 5 nitrogen and oxygen atoms in total. The molecule has 0 aliphatic carbocycles. The summed E-state index contributed by atoms with van der Waals surface area (Å²) in [5.74, 6) is -0.0810. The number of carbonyl (C=O) groups excluding carboxylic acids is 2. The minimum absolute atomic E-state index is 0.178. The lowest BCUT2D eigenvalue weighted by Gasteiger charge is -2.31. The van der Waals surface area contributed by atoms with Crippen LogP contribution in [-0.2, 0) is 17.9 Å². The van der Waals surface area contributed by atoms with Crippen molar-refractivity contribution >= 4 is 35.3 Å². The number of methoxy groups -OCH3 is 1. The van der Waals surface area contributed by atoms with E-state index in [0.717, 1.165) is 21.6 Å². The van der Waals surface area contributed by atoms with Gasteiger partial charge in [-0.15, -0.1) is 0 Å². The van der Waals surface area contributed by atoms with Gasteiger partial charge in [0.1, 0.15) is 11.6 Å². The number of anilines is 1. The molecule has 4 aromatic carbocycles. The Hall–Kier alpha value is -4.36. The number of thioether (sulfide) groups is 1. The van der Waals surface area contributed by atoms with Crippen LogP contribution < -0.4 is 15.0 Å². The van der Waals surface area contributed by atoms with Gasteiger partial charge >= 0.3 is 0 Å². The Morgan fingerprint density at radius 3 is 2.47 bits per heavy atom. The van der Waals surface area contributed by atoms with Crippen LogP contribution in [0.3, 0.4) is 0 Å². The maximum Gasteiger partial charge on any atom is 0.265 e. The second kappa shape index (κ2) is 11.4. The van der Waals surface area contributed by atoms with Gasteiger partial charge in [-0.05, 0) is 53.6 Å². The van der Waals surface area contributed by atoms with Gasteiger partial charge < -0.3 is 15.0 Å². The molecule has 0 fully saturated rings. The summed E-state index contributed by atoms with van der Waals surface area (Å²) in [5, 5.41) is 2.94. The van der Waals surface area contributed by atoms with E-state index in [0.29, 0.717) is 28.5 Å². The first-order valence-electron chi connectivity index (χ1n) is 12.1. The van der Waals surface area contributed by atoms with Crippen molar-refractivity contribution in [2.75, 3.05) is 12.0 Å². The normalized spacial score (nSPS) is 13.8. The molecule has 190 valence electrons. The Morgan fingerprint density at radius 1 is 0.974 bits per heavy atom. The summed E-state index contributed by atoms with van der Waals surface area (Å²) < 4.78 is 18.9. The van der Waals surface area contributed by atoms with E-state index in [9.17, 15) is 14.0 Å². The number of para-hydroxylation sites is 1. The molecular weight excluding hydrogens is 499 g/mol. The molecule has 0 aromatic heterocycles. The van der Waals surface area contributed by atoms with Crippen LogP contribution in [-0.4, -0.2) is 18.9 Å². The summed E-state index contributed by atoms with van der Waals surface area (Å²) in [4.78, 5) is 29.8. The zero-order chi connectivity index (χ0) is 26.5. The molecule has 0 unspecified atom stereocenters. The van der Waals surface area contributed by atoms with E-state index in [1.54, 1.807) is 36.3 Å². The highest BCUT2D eigenvalue weighted by molar-refractivity contribution is 8.04. The van der Waals surface area contributed by atoms with Gasteiger partial charge in [0.15, 0.2) is 0 Å². The van der Waals surface area contributed by atoms with Crippen LogP contribution in [0.5, 0.6) is 5.75 Å². The number of nitrogens with one attached hydrogen (secondary N) is 1. The second-order valence-corrected chi connectivity index (χ2v) is 9.80. The van der Waals surface area contributed by atoms with Crippen LogP contribution in [0.4, 0.5) is 10.1 Å². The highest BCUT2D eigenvalue weighted by Gasteiger charge is 2.30. The molecule has 7 heteroatoms. The fraction of sp³-hybridized carbons (Fsp3) is 0.0968. The number of amides is 2. The fourth-order valence-corrected chi connectivity index (χ4v) is 5.25. The zero-order valence-corrected chi connectivity index (χ0v) is 21.5. The molecule has 0 saturated carbocycles. The largest absolute Gasteiger partial charge is 0.496 e. The van der Waals surface area contributed by atoms with Gasteiger partial charge in [-0.3, -0.25) is 9.59 Å². The summed E-state index contributed by atoms with van der Waals surface area (Å²) in [5.41, 5.74) is 3.63. The summed E-state index contributed by atoms with van der Waals surface area (Å²) in [6.07, 6.45) is 1.86. The molecule has 0 bridgehead atoms. The first-order chi connectivity index (χ1) is 18.5. The average molecular weight is 525 g/mol. The zero-order valence-electron chi connectivity index (χ0n) is 20.7. The molecule has 4 aromatic rings. The van der Waals surface area contributed by atoms with Crippen molar-refractivity contribution in [2.24, 2.45) is 0 Å². The third-order valence-corrected chi connectivity index (χ3v) is 7.25. The van der Waals surface area contributed by atoms with Gasteiger partial charge in [-0.2, -0.15) is 0 Å². The van der Waals surface area contributed by atoms with E-state index in [1.165, 1.54) is 23.9 Å². The molecule has 5 rings (SSSR count). The van der Waals surface area contributed by atoms with Gasteiger partial charge in [-0.1, -0.05) is 72.4 Å². The number of nitrogens with zero attached hydrogens (tertiary/aromatic N) is 1. The Kier molecular flexibility index (Phi) is 7.56. The summed E-state index contributed by atoms with van der Waals surface area (Å²) >= 11 is 1.37. The molecule has 0 radical (unpaired) electrons. The predicted octanol–water partition coefficient (Wildman–Crippen LogP) is 6.44. The lowest BCUT2D eigenvalue weighted by molar-refractivity contribution is -0.114. The maximum atomic E-state index is 13.7. The first-order valence-corrected chi connectivity index (χ1v) is 12.9. The SMILES string of the molecule is COc1ccccc1CNC(=O)c1ccc2c(c1)N(Cc1ccc(F)cc1)C(=O)/C(=C/c1ccccc1)S2. The standard InChI is InChI=1S/C31H25FN2O3S/c1-37-27-10-6-5-9-24(27)19-33-30(35)23-13-16-28-26(18-23)34(20-22-11-14-25(32)15-12-22)31(36)29(38-28)17-21-7-3-2-4-8-21/h2-18H,19-20H2,1H3,(H,33,35)/b29-17-. The molecule has 1 heterocycles. The van der Waals surface area contributed by atoms with Crippen molar-refractivity contribution in [3.8, 4) is 5.75 Å². The number of hydrogen-bond donors (Lipinski definition) is 1. The van der Waals surface area contributed by atoms with Crippen LogP contribution in [0.1, 0.15) is 27.0 Å². The van der Waals surface area contributed by atoms with Gasteiger partial charge in [0.05, 0.1) is 24.2 Å². The highest BCUT2D eigenvalue weighted by atomic mass is 32.2. The van der Waals surface area contributed by atoms with Crippen molar-refractivity contribution in [1.29, 1.82) is 0 Å². The van der Waals surface area contributed by atoms with Crippen molar-refractivity contribution < 1.29 is 18.7 Å². The molecule has 1 aliphatic rings. The summed E-state index contributed by atoms with van der Waals surface area (Å²) in [7, 11) is 1.59. The Balaban J connectivity index is 1.45. The topological polar surface area (TPSA) is 58.6 Å². The summed E-state index contributed by atoms with van der Waals surface area (Å²) in [6, 6.07) is 28.6. The van der Waals surface area contributed by atoms with E-state index in [-0.39, 0.29) is 24.2 Å². The van der Waals surface area contributed by atoms with Gasteiger partial charge in [0.2, 0.25) is 0 Å². The van der Waals surface area contributed by atoms with Crippen molar-refractivity contribution in [3.05, 3.63) is 130 Å². The van der Waals surface area contributed by atoms with Crippen LogP contribution in [0.25, 0.3) is 6.08 Å². The molecule has 2 amide bonds. The third kappa shape index (κ3) is 5.63. The van der Waals surface area contributed by atoms with Crippen LogP contribution in [0, 0.1) is 5.82 Å². The second-order valence-electron chi connectivity index (χ2n) is 8.72. The quantitative estimate of drug-likeness (QED) is 0.283. The van der Waals surface area contributed by atoms with Crippen molar-refractivity contribution in [1.82, 2.24) is 5.32 Å². The Labute approximate surface area is 224 Å². The highest BCUT2D eigenvalue weighted by Crippen LogP contribution is 2.43. The molecule has 0 spiro atoms. The van der Waals surface area contributed by atoms with E-state index in [1.807, 2.05) is 66.7 Å². The number of rotatable bonds is 7. The number of hydrogen-bond acceptors (Lipinski definition) is 4. The monoisotopic (exact) mass is 524 g/mol. The van der Waals surface area contributed by atoms with E-state index < -0.39 is 0 Å². The van der Waals surface area contributed by atoms with Crippen LogP contribution >= 0.6 is 11.8 Å². The number of ether oxygens (including phenoxy) is 1. The van der Waals surface area contributed by atoms with Crippen LogP contribution in [0.15, 0.2) is 107 Å². The Morgan fingerprint density at radius 2 is 1.71 bits per heavy atom. The van der Waals surface area contributed by atoms with Gasteiger partial charge in [-0.25, -0.2) is 4.39 Å². The molecule has 38 heavy (non-hydrogen) atoms. The smallest absolute Gasteiger partial charge is 0.265 e. The average Bonchev–Trinajstić information content (AvgIpc) is 2.95. The van der Waals surface area contributed by atoms with E-state index >= 15 is 0 Å². The number of halogens is 1. The van der Waals surface area contributed by atoms with E-state index in [2.05, 4.69) is 5.32 Å². The van der Waals surface area contributed by atoms with E-state index in [4.69, 9.17) is 4.74 Å². The molecule has 0 atom stereocenters. The first kappa shape index (κ1) is 25.3. The number of carbonyl (C=O) groups is 2. The van der Waals surface area contributed by atoms with Crippen molar-refractivity contribution in [3.63, 3.8) is 0 Å². The molecule has 0 saturated heterocycles. The summed E-state index contributed by atoms with van der Waals surface area (Å²) in [6.45, 7) is 0.544. The van der Waals surface area contributed by atoms with Crippen molar-refractivity contribution in [2.45, 2.75) is 18.0 Å². The minimum Gasteiger partial charge on any atom is -0.496 e. The Bertz CT molecular complexity index is 1500. The number of benzene rings is 4. The lowest BCUT2D eigenvalue weighted by atomic mass is 10.1. The number of fused-ring (bicyclic) bond motifs is 1. The predicted molar refractivity (Wildman–Crippen MR) is 148 cm³/mol. The third-order valence-electron chi connectivity index (χ3n) is 6.17. The molecule has 1 aliphatic heterocycles. The molecular formula is C31H25FN2O3S. The molecule has 1 N–H and O–H groups in total. The van der Waals surface area contributed by atoms with Gasteiger partial charge in [0.25, 0.3) is 11.8 Å². The van der Waals surface area contributed by atoms with Gasteiger partial charge in [0, 0.05) is 22.6 Å². The van der Waals surface area contributed by atoms with Crippen LogP contribution in [0.2, 0.25) is 0 Å². The fourth-order valence-electron chi connectivity index (χ4n) is 4.21.